The second kappa shape index (κ2) is 9.99. The van der Waals surface area contributed by atoms with Gasteiger partial charge in [0.05, 0.1) is 23.6 Å². The molecule has 0 unspecified atom stereocenters. The lowest BCUT2D eigenvalue weighted by Crippen LogP contribution is -2.39. The summed E-state index contributed by atoms with van der Waals surface area (Å²) in [4.78, 5) is 18.1. The molecule has 2 aromatic rings. The van der Waals surface area contributed by atoms with Crippen LogP contribution in [0.25, 0.3) is 5.69 Å². The fourth-order valence-corrected chi connectivity index (χ4v) is 5.18. The lowest BCUT2D eigenvalue weighted by molar-refractivity contribution is -0.137. The van der Waals surface area contributed by atoms with E-state index in [1.54, 1.807) is 0 Å². The number of nitrogens with zero attached hydrogens (tertiary/aromatic N) is 4. The van der Waals surface area contributed by atoms with Gasteiger partial charge in [0.2, 0.25) is 5.91 Å². The van der Waals surface area contributed by atoms with Gasteiger partial charge in [-0.15, -0.1) is 0 Å². The summed E-state index contributed by atoms with van der Waals surface area (Å²) in [5, 5.41) is 5.10. The van der Waals surface area contributed by atoms with Gasteiger partial charge in [-0.3, -0.25) is 9.69 Å². The van der Waals surface area contributed by atoms with Gasteiger partial charge >= 0.3 is 0 Å². The van der Waals surface area contributed by atoms with Gasteiger partial charge in [0.1, 0.15) is 0 Å². The van der Waals surface area contributed by atoms with Crippen molar-refractivity contribution in [3.63, 3.8) is 0 Å². The first kappa shape index (κ1) is 22.1. The van der Waals surface area contributed by atoms with E-state index in [0.29, 0.717) is 18.4 Å². The van der Waals surface area contributed by atoms with E-state index < -0.39 is 0 Å². The van der Waals surface area contributed by atoms with Crippen molar-refractivity contribution >= 4 is 5.91 Å². The average molecular weight is 423 g/mol. The number of hydrogen-bond donors (Lipinski definition) is 0. The monoisotopic (exact) mass is 422 g/mol. The van der Waals surface area contributed by atoms with E-state index in [2.05, 4.69) is 59.5 Å². The first-order valence-corrected chi connectivity index (χ1v) is 12.2. The number of rotatable bonds is 7. The molecule has 0 saturated heterocycles. The highest BCUT2D eigenvalue weighted by molar-refractivity contribution is 5.79. The predicted molar refractivity (Wildman–Crippen MR) is 125 cm³/mol. The van der Waals surface area contributed by atoms with Crippen LogP contribution in [-0.4, -0.2) is 45.1 Å². The Balaban J connectivity index is 1.66. The third kappa shape index (κ3) is 5.03. The smallest absolute Gasteiger partial charge is 0.226 e. The molecule has 4 rings (SSSR count). The molecule has 1 aromatic carbocycles. The Morgan fingerprint density at radius 2 is 1.90 bits per heavy atom. The van der Waals surface area contributed by atoms with E-state index in [4.69, 9.17) is 5.10 Å². The number of hydrogen-bond acceptors (Lipinski definition) is 3. The van der Waals surface area contributed by atoms with Crippen LogP contribution in [0.4, 0.5) is 0 Å². The molecule has 1 aromatic heterocycles. The van der Waals surface area contributed by atoms with Crippen LogP contribution in [0.15, 0.2) is 30.3 Å². The van der Waals surface area contributed by atoms with Crippen molar-refractivity contribution < 1.29 is 4.79 Å². The van der Waals surface area contributed by atoms with Crippen LogP contribution in [0, 0.1) is 11.8 Å². The maximum atomic E-state index is 13.5. The molecule has 1 aliphatic carbocycles. The minimum absolute atomic E-state index is 0.201. The first-order valence-electron chi connectivity index (χ1n) is 12.2. The Hall–Kier alpha value is -2.14. The number of amides is 1. The molecule has 0 N–H and O–H groups in total. The number of benzene rings is 1. The van der Waals surface area contributed by atoms with Crippen LogP contribution < -0.4 is 0 Å². The van der Waals surface area contributed by atoms with E-state index >= 15 is 0 Å². The summed E-state index contributed by atoms with van der Waals surface area (Å²) in [7, 11) is 0. The third-order valence-electron chi connectivity index (χ3n) is 6.86. The summed E-state index contributed by atoms with van der Waals surface area (Å²) >= 11 is 0. The van der Waals surface area contributed by atoms with E-state index in [1.165, 1.54) is 30.5 Å². The molecular formula is C26H38N4O. The van der Waals surface area contributed by atoms with Gasteiger partial charge in [0.25, 0.3) is 0 Å². The van der Waals surface area contributed by atoms with E-state index in [9.17, 15) is 4.79 Å². The zero-order chi connectivity index (χ0) is 21.8. The quantitative estimate of drug-likeness (QED) is 0.643. The molecule has 31 heavy (non-hydrogen) atoms. The molecule has 168 valence electrons. The van der Waals surface area contributed by atoms with Crippen molar-refractivity contribution in [2.45, 2.75) is 72.4 Å². The summed E-state index contributed by atoms with van der Waals surface area (Å²) in [6, 6.07) is 10.4. The van der Waals surface area contributed by atoms with Crippen LogP contribution in [-0.2, 0) is 24.3 Å². The summed E-state index contributed by atoms with van der Waals surface area (Å²) in [5.41, 5.74) is 4.86. The zero-order valence-electron chi connectivity index (χ0n) is 19.5. The van der Waals surface area contributed by atoms with Crippen molar-refractivity contribution in [2.24, 2.45) is 11.8 Å². The SMILES string of the molecule is CCN1CCc2c(c(CN(CC(C)C)C(=O)C3CCCCC3)nn2-c2ccccc2)C1. The Labute approximate surface area is 187 Å². The largest absolute Gasteiger partial charge is 0.336 e. The predicted octanol–water partition coefficient (Wildman–Crippen LogP) is 4.82. The lowest BCUT2D eigenvalue weighted by atomic mass is 9.88. The number of fused-ring (bicyclic) bond motifs is 1. The Morgan fingerprint density at radius 1 is 1.16 bits per heavy atom. The highest BCUT2D eigenvalue weighted by Crippen LogP contribution is 2.29. The van der Waals surface area contributed by atoms with E-state index in [0.717, 1.165) is 56.8 Å². The Kier molecular flexibility index (Phi) is 7.11. The Morgan fingerprint density at radius 3 is 2.58 bits per heavy atom. The van der Waals surface area contributed by atoms with Gasteiger partial charge in [-0.2, -0.15) is 5.10 Å². The fourth-order valence-electron chi connectivity index (χ4n) is 5.18. The maximum absolute atomic E-state index is 13.5. The highest BCUT2D eigenvalue weighted by Gasteiger charge is 2.30. The van der Waals surface area contributed by atoms with Crippen molar-refractivity contribution in [3.05, 3.63) is 47.3 Å². The molecule has 1 aliphatic heterocycles. The summed E-state index contributed by atoms with van der Waals surface area (Å²) in [5.74, 6) is 0.998. The first-order chi connectivity index (χ1) is 15.1. The number of carbonyl (C=O) groups is 1. The van der Waals surface area contributed by atoms with E-state index in [-0.39, 0.29) is 5.92 Å². The van der Waals surface area contributed by atoms with Crippen molar-refractivity contribution in [1.29, 1.82) is 0 Å². The highest BCUT2D eigenvalue weighted by atomic mass is 16.2. The van der Waals surface area contributed by atoms with Crippen molar-refractivity contribution in [1.82, 2.24) is 19.6 Å². The molecule has 1 fully saturated rings. The molecule has 0 atom stereocenters. The minimum Gasteiger partial charge on any atom is -0.336 e. The summed E-state index contributed by atoms with van der Waals surface area (Å²) in [6.45, 7) is 11.1. The fraction of sp³-hybridized carbons (Fsp3) is 0.615. The molecule has 1 saturated carbocycles. The number of para-hydroxylation sites is 1. The molecule has 0 bridgehead atoms. The number of aromatic nitrogens is 2. The van der Waals surface area contributed by atoms with Crippen molar-refractivity contribution in [3.8, 4) is 5.69 Å². The van der Waals surface area contributed by atoms with Crippen LogP contribution in [0.3, 0.4) is 0 Å². The molecule has 2 heterocycles. The molecular weight excluding hydrogens is 384 g/mol. The Bertz CT molecular complexity index is 867. The second-order valence-corrected chi connectivity index (χ2v) is 9.69. The molecule has 0 radical (unpaired) electrons. The topological polar surface area (TPSA) is 41.4 Å². The van der Waals surface area contributed by atoms with Gasteiger partial charge < -0.3 is 4.90 Å². The molecule has 1 amide bonds. The van der Waals surface area contributed by atoms with Crippen LogP contribution in [0.1, 0.15) is 69.8 Å². The second-order valence-electron chi connectivity index (χ2n) is 9.69. The van der Waals surface area contributed by atoms with Crippen LogP contribution in [0.2, 0.25) is 0 Å². The van der Waals surface area contributed by atoms with Gasteiger partial charge in [-0.05, 0) is 37.4 Å². The summed E-state index contributed by atoms with van der Waals surface area (Å²) in [6.07, 6.45) is 6.76. The molecule has 5 heteroatoms. The maximum Gasteiger partial charge on any atom is 0.226 e. The number of carbonyl (C=O) groups excluding carboxylic acids is 1. The van der Waals surface area contributed by atoms with Gasteiger partial charge in [-0.1, -0.05) is 58.2 Å². The lowest BCUT2D eigenvalue weighted by Gasteiger charge is -2.31. The standard InChI is InChI=1S/C26H38N4O/c1-4-28-16-15-25-23(18-28)24(27-30(25)22-13-9-6-10-14-22)19-29(17-20(2)3)26(31)21-11-7-5-8-12-21/h6,9-10,13-14,20-21H,4-5,7-8,11-12,15-19H2,1-3H3. The number of likely N-dealkylation sites (N-methyl/N-ethyl adjacent to an activating group) is 1. The van der Waals surface area contributed by atoms with Crippen LogP contribution in [0.5, 0.6) is 0 Å². The third-order valence-corrected chi connectivity index (χ3v) is 6.86. The minimum atomic E-state index is 0.201. The molecule has 2 aliphatic rings. The van der Waals surface area contributed by atoms with E-state index in [1.807, 2.05) is 6.07 Å². The van der Waals surface area contributed by atoms with Gasteiger partial charge in [0.15, 0.2) is 0 Å². The summed E-state index contributed by atoms with van der Waals surface area (Å²) < 4.78 is 2.14. The zero-order valence-corrected chi connectivity index (χ0v) is 19.5. The van der Waals surface area contributed by atoms with Crippen LogP contribution >= 0.6 is 0 Å². The normalized spacial score (nSPS) is 17.7. The molecule has 0 spiro atoms. The van der Waals surface area contributed by atoms with Gasteiger partial charge in [0, 0.05) is 37.5 Å². The van der Waals surface area contributed by atoms with Gasteiger partial charge in [-0.25, -0.2) is 4.68 Å². The van der Waals surface area contributed by atoms with Crippen molar-refractivity contribution in [2.75, 3.05) is 19.6 Å². The molecule has 5 nitrogen and oxygen atoms in total. The average Bonchev–Trinajstić information content (AvgIpc) is 3.16.